The fourth-order valence-corrected chi connectivity index (χ4v) is 4.56. The van der Waals surface area contributed by atoms with E-state index in [0.717, 1.165) is 27.5 Å². The van der Waals surface area contributed by atoms with E-state index in [1.807, 2.05) is 50.2 Å². The SMILES string of the molecule is CCCc1nc2sc(-c3ccccc3)cc2c(=O)n1Cc1cc(=O)c(OCC(C)C)c[nH]1. The lowest BCUT2D eigenvalue weighted by Gasteiger charge is -2.13. The van der Waals surface area contributed by atoms with Crippen LogP contribution in [0, 0.1) is 5.92 Å². The average Bonchev–Trinajstić information content (AvgIpc) is 3.21. The first-order valence-corrected chi connectivity index (χ1v) is 11.7. The fourth-order valence-electron chi connectivity index (χ4n) is 3.51. The number of hydrogen-bond acceptors (Lipinski definition) is 5. The Bertz CT molecular complexity index is 1340. The van der Waals surface area contributed by atoms with Gasteiger partial charge >= 0.3 is 0 Å². The molecule has 0 aliphatic heterocycles. The zero-order chi connectivity index (χ0) is 22.7. The van der Waals surface area contributed by atoms with Gasteiger partial charge in [0.25, 0.3) is 5.56 Å². The van der Waals surface area contributed by atoms with E-state index in [1.54, 1.807) is 10.8 Å². The minimum Gasteiger partial charge on any atom is -0.488 e. The van der Waals surface area contributed by atoms with Crippen LogP contribution in [0.5, 0.6) is 5.75 Å². The minimum absolute atomic E-state index is 0.0853. The molecule has 0 unspecified atom stereocenters. The lowest BCUT2D eigenvalue weighted by atomic mass is 10.2. The molecule has 0 saturated carbocycles. The van der Waals surface area contributed by atoms with E-state index in [2.05, 4.69) is 11.9 Å². The Morgan fingerprint density at radius 1 is 1.16 bits per heavy atom. The van der Waals surface area contributed by atoms with E-state index >= 15 is 0 Å². The Morgan fingerprint density at radius 2 is 1.94 bits per heavy atom. The Hall–Kier alpha value is -3.19. The highest BCUT2D eigenvalue weighted by molar-refractivity contribution is 7.21. The summed E-state index contributed by atoms with van der Waals surface area (Å²) in [5.41, 5.74) is 1.43. The van der Waals surface area contributed by atoms with Crippen molar-refractivity contribution in [2.75, 3.05) is 6.61 Å². The summed E-state index contributed by atoms with van der Waals surface area (Å²) in [6.07, 6.45) is 3.13. The van der Waals surface area contributed by atoms with Crippen LogP contribution in [0.25, 0.3) is 20.7 Å². The van der Waals surface area contributed by atoms with Crippen molar-refractivity contribution in [3.63, 3.8) is 0 Å². The number of nitrogens with one attached hydrogen (secondary N) is 1. The Kier molecular flexibility index (Phi) is 6.55. The van der Waals surface area contributed by atoms with E-state index in [1.165, 1.54) is 17.4 Å². The molecule has 4 rings (SSSR count). The summed E-state index contributed by atoms with van der Waals surface area (Å²) < 4.78 is 7.24. The third kappa shape index (κ3) is 4.67. The summed E-state index contributed by atoms with van der Waals surface area (Å²) >= 11 is 1.53. The Balaban J connectivity index is 1.72. The van der Waals surface area contributed by atoms with Crippen molar-refractivity contribution in [1.29, 1.82) is 0 Å². The van der Waals surface area contributed by atoms with Crippen molar-refractivity contribution < 1.29 is 4.74 Å². The number of hydrogen-bond donors (Lipinski definition) is 1. The van der Waals surface area contributed by atoms with E-state index < -0.39 is 0 Å². The number of rotatable bonds is 8. The summed E-state index contributed by atoms with van der Waals surface area (Å²) in [5.74, 6) is 1.35. The van der Waals surface area contributed by atoms with Crippen molar-refractivity contribution >= 4 is 21.6 Å². The summed E-state index contributed by atoms with van der Waals surface area (Å²) in [7, 11) is 0. The molecule has 0 amide bonds. The summed E-state index contributed by atoms with van der Waals surface area (Å²) in [6.45, 7) is 6.85. The van der Waals surface area contributed by atoms with E-state index in [-0.39, 0.29) is 17.5 Å². The predicted octanol–water partition coefficient (Wildman–Crippen LogP) is 4.85. The highest BCUT2D eigenvalue weighted by atomic mass is 32.1. The highest BCUT2D eigenvalue weighted by Crippen LogP contribution is 2.31. The van der Waals surface area contributed by atoms with Gasteiger partial charge in [-0.15, -0.1) is 11.3 Å². The minimum atomic E-state index is -0.194. The number of nitrogens with zero attached hydrogens (tertiary/aromatic N) is 2. The summed E-state index contributed by atoms with van der Waals surface area (Å²) in [6, 6.07) is 13.4. The normalized spacial score (nSPS) is 11.4. The van der Waals surface area contributed by atoms with Crippen molar-refractivity contribution in [3.05, 3.63) is 80.8 Å². The second kappa shape index (κ2) is 9.53. The number of ether oxygens (including phenoxy) is 1. The largest absolute Gasteiger partial charge is 0.488 e. The van der Waals surface area contributed by atoms with Gasteiger partial charge in [0.1, 0.15) is 10.7 Å². The van der Waals surface area contributed by atoms with Crippen LogP contribution in [-0.4, -0.2) is 21.1 Å². The maximum Gasteiger partial charge on any atom is 0.262 e. The first-order chi connectivity index (χ1) is 15.5. The zero-order valence-corrected chi connectivity index (χ0v) is 19.4. The molecular formula is C25H27N3O3S. The maximum absolute atomic E-state index is 13.4. The van der Waals surface area contributed by atoms with E-state index in [0.29, 0.717) is 35.8 Å². The molecule has 0 aliphatic carbocycles. The van der Waals surface area contributed by atoms with Crippen LogP contribution in [-0.2, 0) is 13.0 Å². The Labute approximate surface area is 190 Å². The second-order valence-corrected chi connectivity index (χ2v) is 9.29. The first-order valence-electron chi connectivity index (χ1n) is 10.9. The number of pyridine rings is 1. The molecule has 0 bridgehead atoms. The molecule has 166 valence electrons. The number of aromatic nitrogens is 3. The molecule has 1 aromatic carbocycles. The van der Waals surface area contributed by atoms with Crippen LogP contribution in [0.3, 0.4) is 0 Å². The number of fused-ring (bicyclic) bond motifs is 1. The van der Waals surface area contributed by atoms with Gasteiger partial charge in [-0.25, -0.2) is 4.98 Å². The van der Waals surface area contributed by atoms with E-state index in [9.17, 15) is 9.59 Å². The van der Waals surface area contributed by atoms with Gasteiger partial charge in [0, 0.05) is 29.3 Å². The van der Waals surface area contributed by atoms with Gasteiger partial charge in [-0.05, 0) is 24.0 Å². The number of thiophene rings is 1. The molecular weight excluding hydrogens is 422 g/mol. The highest BCUT2D eigenvalue weighted by Gasteiger charge is 2.15. The third-order valence-corrected chi connectivity index (χ3v) is 6.18. The van der Waals surface area contributed by atoms with Crippen LogP contribution in [0.1, 0.15) is 38.7 Å². The van der Waals surface area contributed by atoms with Crippen LogP contribution in [0.4, 0.5) is 0 Å². The molecule has 0 aliphatic rings. The molecule has 0 radical (unpaired) electrons. The summed E-state index contributed by atoms with van der Waals surface area (Å²) in [5, 5.41) is 0.605. The van der Waals surface area contributed by atoms with Crippen LogP contribution in [0.15, 0.2) is 58.3 Å². The average molecular weight is 450 g/mol. The molecule has 6 nitrogen and oxygen atoms in total. The van der Waals surface area contributed by atoms with Gasteiger partial charge < -0.3 is 9.72 Å². The topological polar surface area (TPSA) is 77.0 Å². The van der Waals surface area contributed by atoms with Crippen molar-refractivity contribution in [2.45, 2.75) is 40.2 Å². The van der Waals surface area contributed by atoms with Gasteiger partial charge in [0.05, 0.1) is 18.5 Å². The number of aryl methyl sites for hydroxylation is 1. The van der Waals surface area contributed by atoms with Crippen LogP contribution < -0.4 is 15.7 Å². The van der Waals surface area contributed by atoms with Gasteiger partial charge in [0.2, 0.25) is 5.43 Å². The van der Waals surface area contributed by atoms with Crippen LogP contribution >= 0.6 is 11.3 Å². The second-order valence-electron chi connectivity index (χ2n) is 8.26. The molecule has 0 spiro atoms. The molecule has 3 heterocycles. The lowest BCUT2D eigenvalue weighted by molar-refractivity contribution is 0.267. The van der Waals surface area contributed by atoms with Gasteiger partial charge in [-0.3, -0.25) is 14.2 Å². The molecule has 7 heteroatoms. The fraction of sp³-hybridized carbons (Fsp3) is 0.320. The maximum atomic E-state index is 13.4. The van der Waals surface area contributed by atoms with Crippen LogP contribution in [0.2, 0.25) is 0 Å². The van der Waals surface area contributed by atoms with Crippen molar-refractivity contribution in [1.82, 2.24) is 14.5 Å². The lowest BCUT2D eigenvalue weighted by Crippen LogP contribution is -2.26. The number of benzene rings is 1. The van der Waals surface area contributed by atoms with Gasteiger partial charge in [-0.1, -0.05) is 51.1 Å². The van der Waals surface area contributed by atoms with E-state index in [4.69, 9.17) is 9.72 Å². The molecule has 3 aromatic heterocycles. The monoisotopic (exact) mass is 449 g/mol. The molecule has 4 aromatic rings. The van der Waals surface area contributed by atoms with Gasteiger partial charge in [0.15, 0.2) is 5.75 Å². The molecule has 32 heavy (non-hydrogen) atoms. The summed E-state index contributed by atoms with van der Waals surface area (Å²) in [4.78, 5) is 35.6. The molecule has 0 atom stereocenters. The molecule has 1 N–H and O–H groups in total. The Morgan fingerprint density at radius 3 is 2.62 bits per heavy atom. The quantitative estimate of drug-likeness (QED) is 0.417. The van der Waals surface area contributed by atoms with Crippen molar-refractivity contribution in [3.8, 4) is 16.2 Å². The predicted molar refractivity (Wildman–Crippen MR) is 130 cm³/mol. The third-order valence-electron chi connectivity index (χ3n) is 5.10. The number of H-pyrrole nitrogens is 1. The van der Waals surface area contributed by atoms with Gasteiger partial charge in [-0.2, -0.15) is 0 Å². The van der Waals surface area contributed by atoms with Crippen molar-refractivity contribution in [2.24, 2.45) is 5.92 Å². The smallest absolute Gasteiger partial charge is 0.262 e. The first kappa shape index (κ1) is 22.0. The zero-order valence-electron chi connectivity index (χ0n) is 18.6. The standard InChI is InChI=1S/C25H27N3O3S/c1-4-8-23-27-24-19(12-22(32-24)17-9-6-5-7-10-17)25(30)28(23)14-18-11-20(29)21(13-26-18)31-15-16(2)3/h5-7,9-13,16H,4,8,14-15H2,1-3H3,(H,26,29). The number of aromatic amines is 1. The molecule has 0 saturated heterocycles. The molecule has 0 fully saturated rings.